The van der Waals surface area contributed by atoms with Gasteiger partial charge < -0.3 is 9.05 Å². The van der Waals surface area contributed by atoms with Gasteiger partial charge in [0.15, 0.2) is 0 Å². The molecule has 0 saturated heterocycles. The van der Waals surface area contributed by atoms with Gasteiger partial charge in [0.25, 0.3) is 0 Å². The SMILES string of the molecule is CCCCCCCCCCCCCCCCCCCCCCCCOP(=S)(S)OCCCCCCCCCCCCCCCCCCCCCCCC. The van der Waals surface area contributed by atoms with Crippen LogP contribution in [-0.4, -0.2) is 13.2 Å². The number of rotatable bonds is 48. The topological polar surface area (TPSA) is 18.5 Å². The molecule has 0 N–H and O–H groups in total. The van der Waals surface area contributed by atoms with E-state index in [1.165, 1.54) is 270 Å². The molecule has 0 aliphatic carbocycles. The fourth-order valence-electron chi connectivity index (χ4n) is 7.82. The molecule has 0 saturated carbocycles. The van der Waals surface area contributed by atoms with Crippen LogP contribution < -0.4 is 0 Å². The summed E-state index contributed by atoms with van der Waals surface area (Å²) < 4.78 is 11.8. The van der Waals surface area contributed by atoms with Crippen molar-refractivity contribution in [3.05, 3.63) is 0 Å². The second-order valence-corrected chi connectivity index (χ2v) is 22.3. The summed E-state index contributed by atoms with van der Waals surface area (Å²) >= 11 is 10.1. The summed E-state index contributed by atoms with van der Waals surface area (Å²) in [5, 5.41) is 0. The third kappa shape index (κ3) is 49.0. The number of unbranched alkanes of at least 4 members (excludes halogenated alkanes) is 42. The quantitative estimate of drug-likeness (QED) is 0.0376. The van der Waals surface area contributed by atoms with E-state index in [9.17, 15) is 0 Å². The zero-order chi connectivity index (χ0) is 38.4. The second-order valence-electron chi connectivity index (χ2n) is 17.0. The lowest BCUT2D eigenvalue weighted by atomic mass is 10.0. The van der Waals surface area contributed by atoms with Crippen molar-refractivity contribution in [2.24, 2.45) is 0 Å². The molecule has 0 aliphatic rings. The van der Waals surface area contributed by atoms with Crippen LogP contribution in [0.3, 0.4) is 0 Å². The van der Waals surface area contributed by atoms with E-state index in [-0.39, 0.29) is 0 Å². The van der Waals surface area contributed by atoms with Gasteiger partial charge >= 0.3 is 0 Å². The molecule has 0 radical (unpaired) electrons. The first-order valence-electron chi connectivity index (χ1n) is 24.7. The van der Waals surface area contributed by atoms with Crippen LogP contribution in [0.15, 0.2) is 0 Å². The smallest absolute Gasteiger partial charge is 0.244 e. The molecular formula is C48H99O2PS2. The molecule has 0 rings (SSSR count). The summed E-state index contributed by atoms with van der Waals surface area (Å²) in [7, 11) is 0. The van der Waals surface area contributed by atoms with Gasteiger partial charge in [0.2, 0.25) is 5.69 Å². The lowest BCUT2D eigenvalue weighted by Crippen LogP contribution is -1.96. The van der Waals surface area contributed by atoms with Crippen LogP contribution in [0.5, 0.6) is 0 Å². The zero-order valence-electron chi connectivity index (χ0n) is 36.6. The standard InChI is InChI=1S/C48H99O2PS2/c1-3-5-7-9-11-13-15-17-19-21-23-25-27-29-31-33-35-37-39-41-43-45-47-49-51(52,53)50-48-46-44-42-40-38-36-34-32-30-28-26-24-22-20-18-16-14-12-10-8-6-4-2/h3-48H2,1-2H3,(H,52,53). The maximum atomic E-state index is 5.89. The molecular weight excluding hydrogens is 704 g/mol. The monoisotopic (exact) mass is 803 g/mol. The van der Waals surface area contributed by atoms with Gasteiger partial charge in [0.1, 0.15) is 0 Å². The molecule has 0 heterocycles. The molecule has 5 heteroatoms. The molecule has 0 unspecified atom stereocenters. The summed E-state index contributed by atoms with van der Waals surface area (Å²) in [4.78, 5) is 0. The van der Waals surface area contributed by atoms with Gasteiger partial charge in [-0.15, -0.1) is 0 Å². The molecule has 53 heavy (non-hydrogen) atoms. The van der Waals surface area contributed by atoms with Crippen LogP contribution in [0, 0.1) is 0 Å². The van der Waals surface area contributed by atoms with E-state index in [1.54, 1.807) is 0 Å². The van der Waals surface area contributed by atoms with Gasteiger partial charge in [-0.05, 0) is 24.6 Å². The maximum Gasteiger partial charge on any atom is 0.244 e. The van der Waals surface area contributed by atoms with Gasteiger partial charge in [0, 0.05) is 0 Å². The summed E-state index contributed by atoms with van der Waals surface area (Å²) in [6.07, 6.45) is 62.1. The Morgan fingerprint density at radius 3 is 0.547 bits per heavy atom. The highest BCUT2D eigenvalue weighted by molar-refractivity contribution is 8.60. The Morgan fingerprint density at radius 2 is 0.396 bits per heavy atom. The lowest BCUT2D eigenvalue weighted by molar-refractivity contribution is 0.250. The Balaban J connectivity index is 3.24. The van der Waals surface area contributed by atoms with E-state index >= 15 is 0 Å². The Morgan fingerprint density at radius 1 is 0.264 bits per heavy atom. The van der Waals surface area contributed by atoms with Crippen molar-refractivity contribution in [1.82, 2.24) is 0 Å². The van der Waals surface area contributed by atoms with Gasteiger partial charge in [-0.3, -0.25) is 0 Å². The normalized spacial score (nSPS) is 12.0. The van der Waals surface area contributed by atoms with Crippen LogP contribution in [-0.2, 0) is 20.9 Å². The molecule has 0 atom stereocenters. The van der Waals surface area contributed by atoms with Crippen LogP contribution in [0.4, 0.5) is 0 Å². The first kappa shape index (κ1) is 53.9. The number of hydrogen-bond donors (Lipinski definition) is 1. The number of thiol groups is 1. The third-order valence-electron chi connectivity index (χ3n) is 11.5. The van der Waals surface area contributed by atoms with Crippen molar-refractivity contribution in [1.29, 1.82) is 0 Å². The first-order chi connectivity index (χ1) is 26.1. The zero-order valence-corrected chi connectivity index (χ0v) is 39.3. The minimum absolute atomic E-state index is 0.708. The first-order valence-corrected chi connectivity index (χ1v) is 28.5. The average Bonchev–Trinajstić information content (AvgIpc) is 3.15. The molecule has 0 aliphatic heterocycles. The molecule has 0 aromatic carbocycles. The van der Waals surface area contributed by atoms with E-state index in [2.05, 4.69) is 26.1 Å². The van der Waals surface area contributed by atoms with Crippen LogP contribution in [0.1, 0.15) is 296 Å². The maximum absolute atomic E-state index is 5.89. The predicted molar refractivity (Wildman–Crippen MR) is 250 cm³/mol. The molecule has 0 aromatic heterocycles. The predicted octanol–water partition coefficient (Wildman–Crippen LogP) is 19.4. The summed E-state index contributed by atoms with van der Waals surface area (Å²) in [5.74, 6) is 0. The van der Waals surface area contributed by atoms with Gasteiger partial charge in [0.05, 0.1) is 13.2 Å². The fourth-order valence-corrected chi connectivity index (χ4v) is 9.55. The van der Waals surface area contributed by atoms with E-state index in [0.29, 0.717) is 13.2 Å². The Hall–Kier alpha value is 0.920. The Bertz CT molecular complexity index is 651. The minimum Gasteiger partial charge on any atom is -0.322 e. The number of hydrogen-bond acceptors (Lipinski definition) is 3. The van der Waals surface area contributed by atoms with E-state index in [1.807, 2.05) is 0 Å². The van der Waals surface area contributed by atoms with Gasteiger partial charge in [-0.25, -0.2) is 0 Å². The fraction of sp³-hybridized carbons (Fsp3) is 1.00. The highest BCUT2D eigenvalue weighted by Gasteiger charge is 2.12. The Kier molecular flexibility index (Phi) is 48.1. The molecule has 320 valence electrons. The van der Waals surface area contributed by atoms with E-state index in [0.717, 1.165) is 12.8 Å². The minimum atomic E-state index is -2.36. The molecule has 2 nitrogen and oxygen atoms in total. The highest BCUT2D eigenvalue weighted by atomic mass is 32.9. The van der Waals surface area contributed by atoms with Crippen molar-refractivity contribution in [3.8, 4) is 0 Å². The van der Waals surface area contributed by atoms with Crippen molar-refractivity contribution in [2.45, 2.75) is 296 Å². The summed E-state index contributed by atoms with van der Waals surface area (Å²) in [6.45, 7) is 6.02. The van der Waals surface area contributed by atoms with Crippen LogP contribution in [0.25, 0.3) is 0 Å². The second kappa shape index (κ2) is 47.3. The van der Waals surface area contributed by atoms with Crippen LogP contribution >= 0.6 is 17.9 Å². The summed E-state index contributed by atoms with van der Waals surface area (Å²) in [6, 6.07) is 0. The lowest BCUT2D eigenvalue weighted by Gasteiger charge is -2.16. The average molecular weight is 803 g/mol. The largest absolute Gasteiger partial charge is 0.322 e. The molecule has 0 aromatic rings. The highest BCUT2D eigenvalue weighted by Crippen LogP contribution is 2.53. The van der Waals surface area contributed by atoms with Crippen molar-refractivity contribution in [3.63, 3.8) is 0 Å². The molecule has 0 bridgehead atoms. The van der Waals surface area contributed by atoms with Gasteiger partial charge in [-0.2, -0.15) is 0 Å². The van der Waals surface area contributed by atoms with Crippen molar-refractivity contribution < 1.29 is 9.05 Å². The third-order valence-corrected chi connectivity index (χ3v) is 13.8. The van der Waals surface area contributed by atoms with E-state index in [4.69, 9.17) is 20.9 Å². The van der Waals surface area contributed by atoms with E-state index < -0.39 is 5.69 Å². The molecule has 0 spiro atoms. The van der Waals surface area contributed by atoms with Gasteiger partial charge in [-0.1, -0.05) is 296 Å². The van der Waals surface area contributed by atoms with Crippen molar-refractivity contribution in [2.75, 3.05) is 13.2 Å². The Labute approximate surface area is 346 Å². The van der Waals surface area contributed by atoms with Crippen molar-refractivity contribution >= 4 is 29.7 Å². The molecule has 0 fully saturated rings. The molecule has 0 amide bonds. The van der Waals surface area contributed by atoms with Crippen LogP contribution in [0.2, 0.25) is 0 Å². The summed E-state index contributed by atoms with van der Waals surface area (Å²) in [5.41, 5.74) is -2.36.